The minimum absolute atomic E-state index is 0.0559. The number of carbonyl (C=O) groups excluding carboxylic acids is 1. The zero-order chi connectivity index (χ0) is 15.7. The first-order valence-electron chi connectivity index (χ1n) is 7.13. The van der Waals surface area contributed by atoms with Crippen LogP contribution in [0.25, 0.3) is 0 Å². The van der Waals surface area contributed by atoms with Crippen molar-refractivity contribution in [1.29, 1.82) is 0 Å². The van der Waals surface area contributed by atoms with E-state index in [4.69, 9.17) is 0 Å². The molecular weight excluding hydrogens is 266 g/mol. The minimum atomic E-state index is -1.19. The van der Waals surface area contributed by atoms with E-state index in [0.29, 0.717) is 37.3 Å². The summed E-state index contributed by atoms with van der Waals surface area (Å²) in [5.41, 5.74) is -0.0986. The molecule has 5 nitrogen and oxygen atoms in total. The standard InChI is InChI=1S/C16H23N3O2/c1-5-7-16(21,8-6-2)14-18-11-9-15(3,4)10-17-13(20)12(11)19-14/h5-6,21H,1-2,7-10H2,3-4H3,(H,17,20)(H,18,19). The van der Waals surface area contributed by atoms with Crippen LogP contribution in [0.3, 0.4) is 0 Å². The van der Waals surface area contributed by atoms with Gasteiger partial charge in [-0.3, -0.25) is 4.79 Å². The summed E-state index contributed by atoms with van der Waals surface area (Å²) >= 11 is 0. The summed E-state index contributed by atoms with van der Waals surface area (Å²) in [6, 6.07) is 0. The monoisotopic (exact) mass is 289 g/mol. The average Bonchev–Trinajstić information content (AvgIpc) is 2.76. The van der Waals surface area contributed by atoms with Crippen molar-refractivity contribution in [2.24, 2.45) is 5.41 Å². The van der Waals surface area contributed by atoms with Gasteiger partial charge in [-0.1, -0.05) is 26.0 Å². The maximum absolute atomic E-state index is 12.1. The van der Waals surface area contributed by atoms with Gasteiger partial charge in [-0.25, -0.2) is 4.98 Å². The number of hydrogen-bond donors (Lipinski definition) is 3. The summed E-state index contributed by atoms with van der Waals surface area (Å²) in [5.74, 6) is 0.206. The molecule has 0 saturated heterocycles. The Labute approximate surface area is 125 Å². The predicted molar refractivity (Wildman–Crippen MR) is 81.9 cm³/mol. The number of amides is 1. The van der Waals surface area contributed by atoms with Gasteiger partial charge in [-0.15, -0.1) is 13.2 Å². The van der Waals surface area contributed by atoms with Crippen molar-refractivity contribution in [2.45, 2.75) is 38.7 Å². The third-order valence-corrected chi connectivity index (χ3v) is 3.78. The first-order chi connectivity index (χ1) is 9.81. The molecule has 3 N–H and O–H groups in total. The van der Waals surface area contributed by atoms with Crippen molar-refractivity contribution < 1.29 is 9.90 Å². The second-order valence-corrected chi connectivity index (χ2v) is 6.45. The van der Waals surface area contributed by atoms with Gasteiger partial charge in [0, 0.05) is 25.1 Å². The van der Waals surface area contributed by atoms with Crippen molar-refractivity contribution in [3.8, 4) is 0 Å². The second kappa shape index (κ2) is 5.48. The zero-order valence-corrected chi connectivity index (χ0v) is 12.7. The van der Waals surface area contributed by atoms with Crippen LogP contribution < -0.4 is 5.32 Å². The fourth-order valence-corrected chi connectivity index (χ4v) is 2.64. The van der Waals surface area contributed by atoms with E-state index in [1.54, 1.807) is 12.2 Å². The number of fused-ring (bicyclic) bond motifs is 1. The Morgan fingerprint density at radius 3 is 2.57 bits per heavy atom. The van der Waals surface area contributed by atoms with E-state index >= 15 is 0 Å². The molecule has 2 heterocycles. The Morgan fingerprint density at radius 1 is 1.38 bits per heavy atom. The topological polar surface area (TPSA) is 78.0 Å². The lowest BCUT2D eigenvalue weighted by Gasteiger charge is -2.24. The highest BCUT2D eigenvalue weighted by molar-refractivity contribution is 5.94. The SMILES string of the molecule is C=CCC(O)(CC=C)c1nc2c([nH]1)CC(C)(C)CNC2=O. The van der Waals surface area contributed by atoms with Crippen LogP contribution in [0.2, 0.25) is 0 Å². The summed E-state index contributed by atoms with van der Waals surface area (Å²) in [5, 5.41) is 13.6. The van der Waals surface area contributed by atoms with E-state index in [2.05, 4.69) is 42.3 Å². The highest BCUT2D eigenvalue weighted by atomic mass is 16.3. The van der Waals surface area contributed by atoms with E-state index in [1.807, 2.05) is 0 Å². The number of nitrogens with one attached hydrogen (secondary N) is 2. The number of nitrogens with zero attached hydrogens (tertiary/aromatic N) is 1. The van der Waals surface area contributed by atoms with Crippen molar-refractivity contribution in [3.05, 3.63) is 42.5 Å². The molecule has 0 spiro atoms. The number of H-pyrrole nitrogens is 1. The Kier molecular flexibility index (Phi) is 4.05. The van der Waals surface area contributed by atoms with Crippen LogP contribution in [-0.2, 0) is 12.0 Å². The maximum Gasteiger partial charge on any atom is 0.271 e. The Bertz CT molecular complexity index is 562. The molecule has 1 aromatic rings. The first kappa shape index (κ1) is 15.5. The number of hydrogen-bond acceptors (Lipinski definition) is 3. The third kappa shape index (κ3) is 3.08. The molecule has 0 radical (unpaired) electrons. The molecular formula is C16H23N3O2. The van der Waals surface area contributed by atoms with Crippen molar-refractivity contribution in [3.63, 3.8) is 0 Å². The van der Waals surface area contributed by atoms with Gasteiger partial charge in [0.2, 0.25) is 0 Å². The van der Waals surface area contributed by atoms with Gasteiger partial charge in [-0.2, -0.15) is 0 Å². The van der Waals surface area contributed by atoms with Gasteiger partial charge in [0.1, 0.15) is 17.1 Å². The smallest absolute Gasteiger partial charge is 0.271 e. The van der Waals surface area contributed by atoms with Crippen LogP contribution in [0.4, 0.5) is 0 Å². The van der Waals surface area contributed by atoms with Gasteiger partial charge in [0.25, 0.3) is 5.91 Å². The molecule has 0 aliphatic carbocycles. The number of imidazole rings is 1. The van der Waals surface area contributed by atoms with Crippen molar-refractivity contribution in [2.75, 3.05) is 6.54 Å². The molecule has 1 aromatic heterocycles. The molecule has 0 unspecified atom stereocenters. The lowest BCUT2D eigenvalue weighted by molar-refractivity contribution is 0.0342. The van der Waals surface area contributed by atoms with Gasteiger partial charge < -0.3 is 15.4 Å². The van der Waals surface area contributed by atoms with Crippen LogP contribution in [-0.4, -0.2) is 27.5 Å². The van der Waals surface area contributed by atoms with Gasteiger partial charge in [0.05, 0.1) is 0 Å². The van der Waals surface area contributed by atoms with Gasteiger partial charge >= 0.3 is 0 Å². The fourth-order valence-electron chi connectivity index (χ4n) is 2.64. The number of aromatic nitrogens is 2. The van der Waals surface area contributed by atoms with Crippen molar-refractivity contribution >= 4 is 5.91 Å². The van der Waals surface area contributed by atoms with E-state index < -0.39 is 5.60 Å². The highest BCUT2D eigenvalue weighted by Crippen LogP contribution is 2.31. The van der Waals surface area contributed by atoms with Gasteiger partial charge in [-0.05, 0) is 11.8 Å². The molecule has 0 saturated carbocycles. The van der Waals surface area contributed by atoms with E-state index in [-0.39, 0.29) is 11.3 Å². The molecule has 21 heavy (non-hydrogen) atoms. The molecule has 0 fully saturated rings. The third-order valence-electron chi connectivity index (χ3n) is 3.78. The van der Waals surface area contributed by atoms with E-state index in [0.717, 1.165) is 5.69 Å². The van der Waals surface area contributed by atoms with E-state index in [9.17, 15) is 9.90 Å². The van der Waals surface area contributed by atoms with Crippen molar-refractivity contribution in [1.82, 2.24) is 15.3 Å². The Hall–Kier alpha value is -1.88. The molecule has 0 atom stereocenters. The molecule has 2 rings (SSSR count). The lowest BCUT2D eigenvalue weighted by atomic mass is 9.88. The summed E-state index contributed by atoms with van der Waals surface area (Å²) in [6.45, 7) is 12.1. The van der Waals surface area contributed by atoms with E-state index in [1.165, 1.54) is 0 Å². The quantitative estimate of drug-likeness (QED) is 0.726. The number of aliphatic hydroxyl groups is 1. The normalized spacial score (nSPS) is 17.6. The van der Waals surface area contributed by atoms with Crippen LogP contribution in [0.15, 0.2) is 25.3 Å². The summed E-state index contributed by atoms with van der Waals surface area (Å²) in [6.07, 6.45) is 4.67. The Morgan fingerprint density at radius 2 is 2.00 bits per heavy atom. The number of aromatic amines is 1. The molecule has 1 aliphatic heterocycles. The summed E-state index contributed by atoms with van der Waals surface area (Å²) in [7, 11) is 0. The predicted octanol–water partition coefficient (Wildman–Crippen LogP) is 2.06. The number of carbonyl (C=O) groups is 1. The summed E-state index contributed by atoms with van der Waals surface area (Å²) in [4.78, 5) is 19.6. The summed E-state index contributed by atoms with van der Waals surface area (Å²) < 4.78 is 0. The molecule has 0 aromatic carbocycles. The largest absolute Gasteiger partial charge is 0.381 e. The maximum atomic E-state index is 12.1. The lowest BCUT2D eigenvalue weighted by Crippen LogP contribution is -2.32. The fraction of sp³-hybridized carbons (Fsp3) is 0.500. The van der Waals surface area contributed by atoms with Crippen LogP contribution in [0.5, 0.6) is 0 Å². The number of rotatable bonds is 5. The highest BCUT2D eigenvalue weighted by Gasteiger charge is 2.35. The molecule has 1 aliphatic rings. The molecule has 1 amide bonds. The van der Waals surface area contributed by atoms with Crippen LogP contribution in [0.1, 0.15) is 48.7 Å². The molecule has 0 bridgehead atoms. The van der Waals surface area contributed by atoms with Crippen LogP contribution in [0, 0.1) is 5.41 Å². The van der Waals surface area contributed by atoms with Gasteiger partial charge in [0.15, 0.2) is 0 Å². The molecule has 114 valence electrons. The second-order valence-electron chi connectivity index (χ2n) is 6.45. The Balaban J connectivity index is 2.45. The zero-order valence-electron chi connectivity index (χ0n) is 12.7. The molecule has 5 heteroatoms. The van der Waals surface area contributed by atoms with Crippen LogP contribution >= 0.6 is 0 Å². The first-order valence-corrected chi connectivity index (χ1v) is 7.13. The average molecular weight is 289 g/mol. The minimum Gasteiger partial charge on any atom is -0.381 e.